The Balaban J connectivity index is 0.962. The van der Waals surface area contributed by atoms with E-state index in [1.54, 1.807) is 18.0 Å². The van der Waals surface area contributed by atoms with Crippen LogP contribution >= 0.6 is 0 Å². The zero-order chi connectivity index (χ0) is 44.1. The number of rotatable bonds is 10. The number of amides is 4. The molecule has 3 aromatic carbocycles. The Morgan fingerprint density at radius 1 is 0.857 bits per heavy atom. The average molecular weight is 863 g/mol. The molecule has 3 fully saturated rings. The molecule has 0 spiro atoms. The first kappa shape index (κ1) is 42.1. The molecule has 0 unspecified atom stereocenters. The molecule has 0 bridgehead atoms. The first-order valence-corrected chi connectivity index (χ1v) is 21.8. The third kappa shape index (κ3) is 7.81. The van der Waals surface area contributed by atoms with Gasteiger partial charge < -0.3 is 54.5 Å². The maximum atomic E-state index is 14.1. The number of ether oxygens (including phenoxy) is 4. The van der Waals surface area contributed by atoms with E-state index < -0.39 is 30.4 Å². The Bertz CT molecular complexity index is 2570. The first-order valence-electron chi connectivity index (χ1n) is 21.8. The summed E-state index contributed by atoms with van der Waals surface area (Å²) in [5, 5.41) is 16.8. The number of hydrogen-bond acceptors (Lipinski definition) is 10. The van der Waals surface area contributed by atoms with Gasteiger partial charge in [0, 0.05) is 43.4 Å². The number of imidazole rings is 2. The highest BCUT2D eigenvalue weighted by Crippen LogP contribution is 2.44. The van der Waals surface area contributed by atoms with Crippen LogP contribution in [0.4, 0.5) is 9.59 Å². The Hall–Kier alpha value is -6.20. The molecule has 5 aromatic rings. The smallest absolute Gasteiger partial charge is 0.407 e. The zero-order valence-corrected chi connectivity index (χ0v) is 36.1. The van der Waals surface area contributed by atoms with Crippen molar-refractivity contribution in [1.29, 1.82) is 0 Å². The number of alkyl carbamates (subject to hydrolysis) is 1. The summed E-state index contributed by atoms with van der Waals surface area (Å²) in [6.07, 6.45) is 3.49. The van der Waals surface area contributed by atoms with Gasteiger partial charge in [0.25, 0.3) is 0 Å². The number of carboxylic acid groups (broad SMARTS) is 1. The molecule has 0 radical (unpaired) electrons. The van der Waals surface area contributed by atoms with Crippen LogP contribution in [-0.2, 0) is 30.4 Å². The van der Waals surface area contributed by atoms with Crippen molar-refractivity contribution in [2.75, 3.05) is 27.4 Å². The van der Waals surface area contributed by atoms with Gasteiger partial charge >= 0.3 is 12.2 Å². The van der Waals surface area contributed by atoms with Crippen molar-refractivity contribution >= 4 is 45.8 Å². The van der Waals surface area contributed by atoms with Crippen molar-refractivity contribution in [3.63, 3.8) is 0 Å². The lowest BCUT2D eigenvalue weighted by atomic mass is 9.90. The summed E-state index contributed by atoms with van der Waals surface area (Å²) in [5.74, 6) is 1.47. The van der Waals surface area contributed by atoms with Gasteiger partial charge in [0.15, 0.2) is 0 Å². The number of carbonyl (C=O) groups is 4. The standard InChI is InChI=1S/C46H54N8O9/c1-23-6-12-35(53(23)44(56)39(51-45(57)58)26-14-16-62-17-15-26)41-47-21-34(49-41)28-8-10-30-29(18-28)22-63-37-20-31-27(19-32(30)37)9-11-33-40(31)50-42(48-33)36-13-7-24(2)54(36)43(55)38(25(3)60-4)52-46(59)61-5/h8-11,18-21,23-26,35-36,38-39,51H,6-7,12-17,22H2,1-5H3,(H,47,49)(H,48,50)(H,52,59)(H,57,58)/t23-,24-,25+,35-,36-,38-,39-/m0/s1. The normalized spacial score (nSPS) is 22.6. The van der Waals surface area contributed by atoms with Crippen LogP contribution in [0.3, 0.4) is 0 Å². The van der Waals surface area contributed by atoms with E-state index in [0.29, 0.717) is 57.2 Å². The van der Waals surface area contributed by atoms with Crippen molar-refractivity contribution in [1.82, 2.24) is 40.4 Å². The molecule has 4 aliphatic heterocycles. The summed E-state index contributed by atoms with van der Waals surface area (Å²) in [7, 11) is 2.76. The fourth-order valence-electron chi connectivity index (χ4n) is 10.1. The second kappa shape index (κ2) is 17.2. The third-order valence-corrected chi connectivity index (χ3v) is 13.6. The molecule has 0 saturated carbocycles. The molecule has 0 aliphatic carbocycles. The van der Waals surface area contributed by atoms with E-state index in [4.69, 9.17) is 28.9 Å². The monoisotopic (exact) mass is 862 g/mol. The summed E-state index contributed by atoms with van der Waals surface area (Å²) in [5.41, 5.74) is 6.41. The second-order valence-corrected chi connectivity index (χ2v) is 17.3. The number of nitrogens with one attached hydrogen (secondary N) is 4. The van der Waals surface area contributed by atoms with E-state index in [-0.39, 0.29) is 41.9 Å². The molecule has 332 valence electrons. The zero-order valence-electron chi connectivity index (χ0n) is 36.1. The highest BCUT2D eigenvalue weighted by atomic mass is 16.5. The van der Waals surface area contributed by atoms with Crippen LogP contribution in [0.1, 0.15) is 88.6 Å². The predicted molar refractivity (Wildman–Crippen MR) is 232 cm³/mol. The minimum Gasteiger partial charge on any atom is -0.488 e. The highest BCUT2D eigenvalue weighted by molar-refractivity contribution is 6.07. The fourth-order valence-corrected chi connectivity index (χ4v) is 10.1. The van der Waals surface area contributed by atoms with Crippen LogP contribution in [0.15, 0.2) is 48.7 Å². The van der Waals surface area contributed by atoms with Gasteiger partial charge in [-0.2, -0.15) is 0 Å². The first-order chi connectivity index (χ1) is 30.4. The van der Waals surface area contributed by atoms with E-state index in [2.05, 4.69) is 50.9 Å². The van der Waals surface area contributed by atoms with Crippen LogP contribution in [0.2, 0.25) is 0 Å². The van der Waals surface area contributed by atoms with Crippen LogP contribution < -0.4 is 15.4 Å². The van der Waals surface area contributed by atoms with Gasteiger partial charge in [-0.05, 0) is 112 Å². The van der Waals surface area contributed by atoms with Crippen molar-refractivity contribution in [3.8, 4) is 28.1 Å². The number of aromatic nitrogens is 4. The fraction of sp³-hybridized carbons (Fsp3) is 0.478. The van der Waals surface area contributed by atoms with Crippen molar-refractivity contribution in [2.45, 2.75) is 108 Å². The molecule has 6 heterocycles. The molecule has 3 saturated heterocycles. The van der Waals surface area contributed by atoms with Gasteiger partial charge in [0.2, 0.25) is 11.8 Å². The van der Waals surface area contributed by atoms with Gasteiger partial charge in [0.05, 0.1) is 48.2 Å². The summed E-state index contributed by atoms with van der Waals surface area (Å²) in [4.78, 5) is 72.7. The molecule has 2 aromatic heterocycles. The topological polar surface area (TPSA) is 213 Å². The van der Waals surface area contributed by atoms with E-state index in [1.165, 1.54) is 14.2 Å². The number of aromatic amines is 2. The molecule has 9 rings (SSSR count). The van der Waals surface area contributed by atoms with Crippen LogP contribution in [-0.4, -0.2) is 117 Å². The molecule has 17 heteroatoms. The minimum atomic E-state index is -1.21. The number of fused-ring (bicyclic) bond motifs is 6. The maximum Gasteiger partial charge on any atom is 0.407 e. The number of likely N-dealkylation sites (tertiary alicyclic amines) is 2. The summed E-state index contributed by atoms with van der Waals surface area (Å²) in [6, 6.07) is 11.9. The average Bonchev–Trinajstić information content (AvgIpc) is 4.12. The van der Waals surface area contributed by atoms with Gasteiger partial charge in [-0.25, -0.2) is 19.6 Å². The van der Waals surface area contributed by atoms with Gasteiger partial charge in [-0.15, -0.1) is 0 Å². The van der Waals surface area contributed by atoms with Crippen molar-refractivity contribution in [3.05, 3.63) is 65.9 Å². The molecule has 5 N–H and O–H groups in total. The van der Waals surface area contributed by atoms with Gasteiger partial charge in [-0.3, -0.25) is 9.59 Å². The summed E-state index contributed by atoms with van der Waals surface area (Å²) >= 11 is 0. The third-order valence-electron chi connectivity index (χ3n) is 13.6. The quantitative estimate of drug-likeness (QED) is 0.101. The second-order valence-electron chi connectivity index (χ2n) is 17.3. The van der Waals surface area contributed by atoms with Gasteiger partial charge in [0.1, 0.15) is 36.1 Å². The molecule has 4 amide bonds. The molecule has 4 aliphatic rings. The minimum absolute atomic E-state index is 0.0733. The van der Waals surface area contributed by atoms with Crippen LogP contribution in [0, 0.1) is 5.92 Å². The summed E-state index contributed by atoms with van der Waals surface area (Å²) < 4.78 is 22.2. The Kier molecular flexibility index (Phi) is 11.5. The predicted octanol–water partition coefficient (Wildman–Crippen LogP) is 6.59. The molecular formula is C46H54N8O9. The number of nitrogens with zero attached hydrogens (tertiary/aromatic N) is 4. The lowest BCUT2D eigenvalue weighted by Crippen LogP contribution is -2.55. The van der Waals surface area contributed by atoms with Crippen molar-refractivity contribution in [2.24, 2.45) is 5.92 Å². The SMILES string of the molecule is COC(=O)N[C@H](C(=O)N1[C@@H](C)CC[C@H]1c1nc2c(ccc3cc4c(cc32)OCc2cc(-c3cnc([C@@H]5CC[C@H](C)N5C(=O)[C@@H](NC(=O)O)C5CCOCC5)[nH]3)ccc2-4)[nH]1)[C@@H](C)OC. The van der Waals surface area contributed by atoms with E-state index in [9.17, 15) is 24.3 Å². The molecular weight excluding hydrogens is 809 g/mol. The van der Waals surface area contributed by atoms with E-state index in [1.807, 2.05) is 30.9 Å². The number of methoxy groups -OCH3 is 2. The van der Waals surface area contributed by atoms with E-state index >= 15 is 0 Å². The number of carbonyl (C=O) groups excluding carboxylic acids is 3. The highest BCUT2D eigenvalue weighted by Gasteiger charge is 2.44. The molecule has 63 heavy (non-hydrogen) atoms. The Morgan fingerprint density at radius 3 is 2.30 bits per heavy atom. The largest absolute Gasteiger partial charge is 0.488 e. The van der Waals surface area contributed by atoms with Crippen LogP contribution in [0.25, 0.3) is 44.2 Å². The number of hydrogen-bond donors (Lipinski definition) is 5. The number of benzene rings is 3. The summed E-state index contributed by atoms with van der Waals surface area (Å²) in [6.45, 7) is 7.11. The number of H-pyrrole nitrogens is 2. The lowest BCUT2D eigenvalue weighted by molar-refractivity contribution is -0.140. The van der Waals surface area contributed by atoms with E-state index in [0.717, 1.165) is 68.3 Å². The Morgan fingerprint density at radius 2 is 1.59 bits per heavy atom. The lowest BCUT2D eigenvalue weighted by Gasteiger charge is -2.35. The molecule has 7 atom stereocenters. The van der Waals surface area contributed by atoms with Gasteiger partial charge in [-0.1, -0.05) is 18.2 Å². The Labute approximate surface area is 364 Å². The van der Waals surface area contributed by atoms with Crippen molar-refractivity contribution < 1.29 is 43.2 Å². The maximum absolute atomic E-state index is 14.1. The van der Waals surface area contributed by atoms with Crippen LogP contribution in [0.5, 0.6) is 5.75 Å². The molecule has 17 nitrogen and oxygen atoms in total.